The molecule has 7 aromatic heterocycles. The van der Waals surface area contributed by atoms with E-state index in [0.717, 1.165) is 121 Å². The van der Waals surface area contributed by atoms with Gasteiger partial charge >= 0.3 is 56.5 Å². The number of carbonyl (C=O) groups is 2. The number of nitrogens with zero attached hydrogens (tertiary/aromatic N) is 9. The zero-order valence-electron chi connectivity index (χ0n) is 43.9. The average Bonchev–Trinajstić information content (AvgIpc) is 3.45. The summed E-state index contributed by atoms with van der Waals surface area (Å²) in [6.45, 7) is 12.0. The Labute approximate surface area is 534 Å². The fourth-order valence-electron chi connectivity index (χ4n) is 6.61. The van der Waals surface area contributed by atoms with Gasteiger partial charge in [0.15, 0.2) is 0 Å². The van der Waals surface area contributed by atoms with Crippen LogP contribution in [0, 0.1) is 27.7 Å². The van der Waals surface area contributed by atoms with Gasteiger partial charge in [-0.1, -0.05) is 68.1 Å². The Bertz CT molecular complexity index is 2520. The topological polar surface area (TPSA) is 184 Å². The van der Waals surface area contributed by atoms with Gasteiger partial charge in [-0.05, 0) is 159 Å². The van der Waals surface area contributed by atoms with E-state index < -0.39 is 0 Å². The molecule has 0 saturated heterocycles. The molecular weight excluding hydrogens is 1720 g/mol. The molecule has 3 N–H and O–H groups in total. The molecule has 0 aliphatic carbocycles. The van der Waals surface area contributed by atoms with Crippen molar-refractivity contribution < 1.29 is 32.8 Å². The molecule has 0 radical (unpaired) electrons. The van der Waals surface area contributed by atoms with Crippen molar-refractivity contribution in [2.24, 2.45) is 0 Å². The van der Waals surface area contributed by atoms with Crippen molar-refractivity contribution in [3.05, 3.63) is 173 Å². The number of halogens is 7. The number of aryl methyl sites for hydroxylation is 4. The first-order valence-corrected chi connectivity index (χ1v) is 44.1. The standard InChI is InChI=1S/C20H27N3O2.C18H24N4O2.C11H11N3.C6H6BrN.I3.I2.HI/c1-3-25-20(24)11-6-4-5-9-15-23(18-10-7-8-14-21-18)19-13-12-17(2)16-22-19;1-15-10-11-17(20-14-15)22(16-8-5-6-12-19-16)13-7-3-2-4-9-18(23)21-24;1-9-5-6-11(13-8-9)14-10-4-2-3-7-12-10;1-5-2-3-6(7)8-4-5;1-3-2;1-2;/h7-8,10,12-14,16H,3-6,9,11,15H2,1-2H3;5-6,8,10-12,14,24H,2-4,7,9,13H2,1H3,(H,21,23);2-8H,1H3,(H,12,13,14);2-4H,1H3;;;1H/q;;;;-1;;. The van der Waals surface area contributed by atoms with Crippen LogP contribution in [0.2, 0.25) is 0 Å². The Hall–Kier alpha value is -2.79. The van der Waals surface area contributed by atoms with E-state index in [1.54, 1.807) is 24.1 Å². The van der Waals surface area contributed by atoms with Crippen LogP contribution in [-0.2, 0) is 14.3 Å². The predicted molar refractivity (Wildman–Crippen MR) is 358 cm³/mol. The first-order chi connectivity index (χ1) is 37.0. The normalized spacial score (nSPS) is 9.75. The number of anilines is 6. The van der Waals surface area contributed by atoms with E-state index in [0.29, 0.717) is 32.7 Å². The van der Waals surface area contributed by atoms with Crippen LogP contribution in [0.15, 0.2) is 151 Å². The minimum absolute atomic E-state index is 0. The van der Waals surface area contributed by atoms with Crippen LogP contribution >= 0.6 is 114 Å². The van der Waals surface area contributed by atoms with Gasteiger partial charge in [0.05, 0.1) is 6.61 Å². The Morgan fingerprint density at radius 2 is 0.961 bits per heavy atom. The van der Waals surface area contributed by atoms with E-state index in [4.69, 9.17) is 9.94 Å². The Balaban J connectivity index is 0.000000526. The Kier molecular flexibility index (Phi) is 44.0. The zero-order valence-corrected chi connectivity index (χ0v) is 58.6. The van der Waals surface area contributed by atoms with Crippen LogP contribution in [-0.4, -0.2) is 71.7 Å². The van der Waals surface area contributed by atoms with Gasteiger partial charge in [0, 0.05) is 107 Å². The number of rotatable bonds is 21. The number of carbonyl (C=O) groups excluding carboxylic acids is 2. The summed E-state index contributed by atoms with van der Waals surface area (Å²) in [5.41, 5.74) is 6.26. The van der Waals surface area contributed by atoms with Crippen LogP contribution < -0.4 is 33.9 Å². The number of hydrogen-bond donors (Lipinski definition) is 3. The third kappa shape index (κ3) is 34.2. The summed E-state index contributed by atoms with van der Waals surface area (Å²) >= 11 is 12.8. The van der Waals surface area contributed by atoms with Gasteiger partial charge in [-0.25, -0.2) is 40.4 Å². The fourth-order valence-corrected chi connectivity index (χ4v) is 6.84. The monoisotopic (exact) mass is 1790 g/mol. The summed E-state index contributed by atoms with van der Waals surface area (Å²) in [6.07, 6.45) is 21.3. The number of pyridine rings is 7. The van der Waals surface area contributed by atoms with Gasteiger partial charge in [-0.2, -0.15) is 0 Å². The zero-order chi connectivity index (χ0) is 55.6. The molecule has 0 atom stereocenters. The molecular formula is C55H69BrI6N11O4-. The van der Waals surface area contributed by atoms with Crippen molar-refractivity contribution in [3.63, 3.8) is 0 Å². The molecule has 0 bridgehead atoms. The molecule has 7 heterocycles. The number of unbranched alkanes of at least 4 members (excludes halogenated alkanes) is 6. The molecule has 15 nitrogen and oxygen atoms in total. The number of aromatic nitrogens is 7. The molecule has 7 aromatic rings. The Morgan fingerprint density at radius 1 is 0.545 bits per heavy atom. The summed E-state index contributed by atoms with van der Waals surface area (Å²) in [7, 11) is 0. The van der Waals surface area contributed by atoms with Gasteiger partial charge in [0.25, 0.3) is 0 Å². The van der Waals surface area contributed by atoms with E-state index >= 15 is 0 Å². The quantitative estimate of drug-likeness (QED) is 0.0154. The molecule has 0 spiro atoms. The van der Waals surface area contributed by atoms with Crippen LogP contribution in [0.3, 0.4) is 0 Å². The van der Waals surface area contributed by atoms with Crippen molar-refractivity contribution in [1.82, 2.24) is 40.4 Å². The van der Waals surface area contributed by atoms with Crippen molar-refractivity contribution in [2.75, 3.05) is 34.8 Å². The van der Waals surface area contributed by atoms with Crippen molar-refractivity contribution >= 4 is 161 Å². The molecule has 0 aromatic carbocycles. The Morgan fingerprint density at radius 3 is 1.34 bits per heavy atom. The molecule has 1 amide bonds. The average molecular weight is 1790 g/mol. The molecule has 77 heavy (non-hydrogen) atoms. The SMILES string of the molecule is CCOC(=O)CCCCCCN(c1ccccn1)c1ccc(C)cn1.Cc1ccc(Br)nc1.Cc1ccc(N(CCCCCCC(=O)NO)c2ccccn2)nc1.Cc1ccc(Nc2ccccn2)nc1.I.II.I[I-]I. The first-order valence-electron chi connectivity index (χ1n) is 24.5. The number of hydrogen-bond acceptors (Lipinski definition) is 14. The van der Waals surface area contributed by atoms with Gasteiger partial charge in [0.2, 0.25) is 5.91 Å². The molecule has 0 aliphatic heterocycles. The molecule has 418 valence electrons. The van der Waals surface area contributed by atoms with Gasteiger partial charge in [-0.3, -0.25) is 14.8 Å². The minimum atomic E-state index is -0.325. The number of amides is 1. The molecule has 0 fully saturated rings. The second-order valence-electron chi connectivity index (χ2n) is 16.5. The van der Waals surface area contributed by atoms with E-state index in [9.17, 15) is 9.59 Å². The van der Waals surface area contributed by atoms with E-state index in [1.165, 1.54) is 5.56 Å². The predicted octanol–water partition coefficient (Wildman–Crippen LogP) is 13.7. The summed E-state index contributed by atoms with van der Waals surface area (Å²) in [6, 6.07) is 33.5. The van der Waals surface area contributed by atoms with Crippen molar-refractivity contribution in [2.45, 2.75) is 98.8 Å². The van der Waals surface area contributed by atoms with Crippen LogP contribution in [0.1, 0.15) is 93.4 Å². The van der Waals surface area contributed by atoms with Gasteiger partial charge in [-0.15, -0.1) is 24.0 Å². The maximum atomic E-state index is 11.3. The van der Waals surface area contributed by atoms with Gasteiger partial charge < -0.3 is 19.9 Å². The molecule has 0 saturated carbocycles. The fraction of sp³-hybridized carbons (Fsp3) is 0.327. The third-order valence-electron chi connectivity index (χ3n) is 10.4. The number of ether oxygens (including phenoxy) is 1. The molecule has 0 unspecified atom stereocenters. The third-order valence-corrected chi connectivity index (χ3v) is 10.9. The van der Waals surface area contributed by atoms with Gasteiger partial charge in [0.1, 0.15) is 39.5 Å². The number of nitrogens with one attached hydrogen (secondary N) is 2. The number of hydroxylamine groups is 1. The molecule has 22 heteroatoms. The summed E-state index contributed by atoms with van der Waals surface area (Å²) in [4.78, 5) is 56.9. The molecule has 7 rings (SSSR count). The van der Waals surface area contributed by atoms with Crippen LogP contribution in [0.25, 0.3) is 0 Å². The van der Waals surface area contributed by atoms with E-state index in [1.807, 2.05) is 156 Å². The maximum absolute atomic E-state index is 11.3. The summed E-state index contributed by atoms with van der Waals surface area (Å²) < 4.78 is 5.84. The first kappa shape index (κ1) is 72.2. The van der Waals surface area contributed by atoms with Crippen LogP contribution in [0.4, 0.5) is 34.9 Å². The van der Waals surface area contributed by atoms with Crippen LogP contribution in [0.5, 0.6) is 0 Å². The second-order valence-corrected chi connectivity index (χ2v) is 33.6. The van der Waals surface area contributed by atoms with E-state index in [2.05, 4.69) is 146 Å². The second kappa shape index (κ2) is 46.9. The molecule has 0 aliphatic rings. The summed E-state index contributed by atoms with van der Waals surface area (Å²) in [5, 5.41) is 11.6. The van der Waals surface area contributed by atoms with Crippen molar-refractivity contribution in [1.29, 1.82) is 0 Å². The summed E-state index contributed by atoms with van der Waals surface area (Å²) in [5.74, 6) is 4.79. The number of esters is 1. The van der Waals surface area contributed by atoms with E-state index in [-0.39, 0.29) is 35.9 Å². The van der Waals surface area contributed by atoms with Crippen molar-refractivity contribution in [3.8, 4) is 0 Å².